The van der Waals surface area contributed by atoms with Gasteiger partial charge in [0.2, 0.25) is 5.91 Å². The summed E-state index contributed by atoms with van der Waals surface area (Å²) in [6, 6.07) is 0.410. The summed E-state index contributed by atoms with van der Waals surface area (Å²) in [6.07, 6.45) is 8.22. The number of hydrogen-bond donors (Lipinski definition) is 2. The minimum atomic E-state index is 0.184. The topological polar surface area (TPSA) is 55.1 Å². The molecule has 0 heterocycles. The maximum absolute atomic E-state index is 11.9. The van der Waals surface area contributed by atoms with Gasteiger partial charge in [-0.15, -0.1) is 0 Å². The minimum Gasteiger partial charge on any atom is -0.353 e. The summed E-state index contributed by atoms with van der Waals surface area (Å²) in [7, 11) is 0. The highest BCUT2D eigenvalue weighted by atomic mass is 32.2. The third-order valence-corrected chi connectivity index (χ3v) is 5.03. The maximum atomic E-state index is 11.9. The Morgan fingerprint density at radius 1 is 1.39 bits per heavy atom. The van der Waals surface area contributed by atoms with Crippen molar-refractivity contribution in [1.82, 2.24) is 5.32 Å². The fourth-order valence-corrected chi connectivity index (χ4v) is 3.35. The van der Waals surface area contributed by atoms with Crippen molar-refractivity contribution in [3.05, 3.63) is 0 Å². The zero-order valence-electron chi connectivity index (χ0n) is 12.0. The van der Waals surface area contributed by atoms with Crippen LogP contribution in [0.5, 0.6) is 0 Å². The van der Waals surface area contributed by atoms with E-state index < -0.39 is 0 Å². The Kier molecular flexibility index (Phi) is 6.50. The Balaban J connectivity index is 2.22. The lowest BCUT2D eigenvalue weighted by atomic mass is 9.84. The molecule has 0 aliphatic heterocycles. The second-order valence-electron chi connectivity index (χ2n) is 6.14. The average Bonchev–Trinajstić information content (AvgIpc) is 2.74. The van der Waals surface area contributed by atoms with Crippen LogP contribution in [0.2, 0.25) is 0 Å². The number of nitrogens with two attached hydrogens (primary N) is 1. The summed E-state index contributed by atoms with van der Waals surface area (Å²) in [6.45, 7) is 5.07. The van der Waals surface area contributed by atoms with E-state index in [1.807, 2.05) is 11.8 Å². The fourth-order valence-electron chi connectivity index (χ4n) is 2.55. The van der Waals surface area contributed by atoms with Gasteiger partial charge in [-0.05, 0) is 50.3 Å². The highest BCUT2D eigenvalue weighted by Crippen LogP contribution is 2.29. The third-order valence-electron chi connectivity index (χ3n) is 3.93. The Morgan fingerprint density at radius 3 is 2.67 bits per heavy atom. The summed E-state index contributed by atoms with van der Waals surface area (Å²) >= 11 is 1.92. The van der Waals surface area contributed by atoms with Gasteiger partial charge in [0.1, 0.15) is 0 Å². The molecule has 0 saturated heterocycles. The van der Waals surface area contributed by atoms with E-state index in [1.54, 1.807) is 0 Å². The molecule has 0 bridgehead atoms. The van der Waals surface area contributed by atoms with E-state index in [2.05, 4.69) is 25.4 Å². The first-order valence-electron chi connectivity index (χ1n) is 6.99. The number of carbonyl (C=O) groups excluding carboxylic acids is 1. The number of carbonyl (C=O) groups is 1. The van der Waals surface area contributed by atoms with Crippen molar-refractivity contribution in [2.75, 3.05) is 12.8 Å². The predicted molar refractivity (Wildman–Crippen MR) is 79.8 cm³/mol. The second kappa shape index (κ2) is 7.39. The van der Waals surface area contributed by atoms with Crippen LogP contribution < -0.4 is 11.1 Å². The van der Waals surface area contributed by atoms with Crippen LogP contribution in [0.4, 0.5) is 0 Å². The van der Waals surface area contributed by atoms with Crippen molar-refractivity contribution in [3.63, 3.8) is 0 Å². The van der Waals surface area contributed by atoms with Crippen LogP contribution in [0, 0.1) is 5.41 Å². The lowest BCUT2D eigenvalue weighted by molar-refractivity contribution is -0.122. The van der Waals surface area contributed by atoms with Crippen LogP contribution >= 0.6 is 11.8 Å². The molecule has 106 valence electrons. The van der Waals surface area contributed by atoms with Crippen LogP contribution in [-0.4, -0.2) is 30.0 Å². The molecule has 2 atom stereocenters. The second-order valence-corrected chi connectivity index (χ2v) is 7.28. The van der Waals surface area contributed by atoms with E-state index in [9.17, 15) is 4.79 Å². The quantitative estimate of drug-likeness (QED) is 0.749. The Labute approximate surface area is 116 Å². The van der Waals surface area contributed by atoms with E-state index in [0.717, 1.165) is 30.9 Å². The van der Waals surface area contributed by atoms with Crippen LogP contribution in [0.1, 0.15) is 52.4 Å². The van der Waals surface area contributed by atoms with Crippen molar-refractivity contribution in [2.45, 2.75) is 63.7 Å². The molecule has 1 aliphatic carbocycles. The first kappa shape index (κ1) is 15.8. The van der Waals surface area contributed by atoms with Gasteiger partial charge >= 0.3 is 0 Å². The van der Waals surface area contributed by atoms with Gasteiger partial charge in [-0.25, -0.2) is 0 Å². The van der Waals surface area contributed by atoms with Crippen LogP contribution in [0.3, 0.4) is 0 Å². The molecule has 4 heteroatoms. The molecule has 18 heavy (non-hydrogen) atoms. The average molecular weight is 272 g/mol. The molecule has 3 nitrogen and oxygen atoms in total. The number of thioether (sulfide) groups is 1. The van der Waals surface area contributed by atoms with Crippen LogP contribution in [-0.2, 0) is 4.79 Å². The molecule has 1 saturated carbocycles. The van der Waals surface area contributed by atoms with Gasteiger partial charge in [-0.2, -0.15) is 11.8 Å². The maximum Gasteiger partial charge on any atom is 0.220 e. The molecular weight excluding hydrogens is 244 g/mol. The van der Waals surface area contributed by atoms with Gasteiger partial charge in [0.05, 0.1) is 0 Å². The molecule has 0 aromatic carbocycles. The molecule has 1 fully saturated rings. The standard InChI is InChI=1S/C14H28N2OS/c1-14(2,8-9-15)7-6-13(17)16-11-4-5-12(10-11)18-3/h11-12H,4-10,15H2,1-3H3,(H,16,17). The van der Waals surface area contributed by atoms with Crippen LogP contribution in [0.15, 0.2) is 0 Å². The van der Waals surface area contributed by atoms with Gasteiger partial charge in [0.15, 0.2) is 0 Å². The molecule has 0 radical (unpaired) electrons. The van der Waals surface area contributed by atoms with E-state index in [1.165, 1.54) is 6.42 Å². The normalized spacial score (nSPS) is 24.2. The molecule has 2 unspecified atom stereocenters. The first-order chi connectivity index (χ1) is 8.46. The van der Waals surface area contributed by atoms with Gasteiger partial charge in [-0.1, -0.05) is 13.8 Å². The van der Waals surface area contributed by atoms with E-state index >= 15 is 0 Å². The van der Waals surface area contributed by atoms with Gasteiger partial charge in [-0.3, -0.25) is 4.79 Å². The Hall–Kier alpha value is -0.220. The first-order valence-corrected chi connectivity index (χ1v) is 8.28. The molecular formula is C14H28N2OS. The van der Waals surface area contributed by atoms with E-state index in [0.29, 0.717) is 19.0 Å². The molecule has 0 spiro atoms. The highest BCUT2D eigenvalue weighted by molar-refractivity contribution is 7.99. The summed E-state index contributed by atoms with van der Waals surface area (Å²) in [5.41, 5.74) is 5.76. The van der Waals surface area contributed by atoms with E-state index in [-0.39, 0.29) is 11.3 Å². The van der Waals surface area contributed by atoms with Crippen molar-refractivity contribution in [2.24, 2.45) is 11.1 Å². The summed E-state index contributed by atoms with van der Waals surface area (Å²) in [5.74, 6) is 0.215. The van der Waals surface area contributed by atoms with Gasteiger partial charge in [0.25, 0.3) is 0 Å². The largest absolute Gasteiger partial charge is 0.353 e. The number of hydrogen-bond acceptors (Lipinski definition) is 3. The third kappa shape index (κ3) is 5.61. The van der Waals surface area contributed by atoms with Crippen molar-refractivity contribution in [3.8, 4) is 0 Å². The molecule has 1 aliphatic rings. The molecule has 0 aromatic heterocycles. The smallest absolute Gasteiger partial charge is 0.220 e. The monoisotopic (exact) mass is 272 g/mol. The molecule has 3 N–H and O–H groups in total. The summed E-state index contributed by atoms with van der Waals surface area (Å²) < 4.78 is 0. The van der Waals surface area contributed by atoms with Gasteiger partial charge in [0, 0.05) is 17.7 Å². The van der Waals surface area contributed by atoms with Crippen molar-refractivity contribution in [1.29, 1.82) is 0 Å². The predicted octanol–water partition coefficient (Wildman–Crippen LogP) is 2.54. The highest BCUT2D eigenvalue weighted by Gasteiger charge is 2.25. The lowest BCUT2D eigenvalue weighted by Crippen LogP contribution is -2.33. The summed E-state index contributed by atoms with van der Waals surface area (Å²) in [5, 5.41) is 3.91. The number of rotatable bonds is 7. The molecule has 1 rings (SSSR count). The zero-order valence-corrected chi connectivity index (χ0v) is 12.8. The fraction of sp³-hybridized carbons (Fsp3) is 0.929. The molecule has 0 aromatic rings. The Bertz CT molecular complexity index is 269. The van der Waals surface area contributed by atoms with Crippen molar-refractivity contribution < 1.29 is 4.79 Å². The van der Waals surface area contributed by atoms with Crippen LogP contribution in [0.25, 0.3) is 0 Å². The minimum absolute atomic E-state index is 0.184. The number of amides is 1. The van der Waals surface area contributed by atoms with Gasteiger partial charge < -0.3 is 11.1 Å². The number of nitrogens with one attached hydrogen (secondary N) is 1. The SMILES string of the molecule is CSC1CCC(NC(=O)CCC(C)(C)CCN)C1. The summed E-state index contributed by atoms with van der Waals surface area (Å²) in [4.78, 5) is 11.9. The van der Waals surface area contributed by atoms with E-state index in [4.69, 9.17) is 5.73 Å². The lowest BCUT2D eigenvalue weighted by Gasteiger charge is -2.23. The van der Waals surface area contributed by atoms with Crippen molar-refractivity contribution >= 4 is 17.7 Å². The zero-order chi connectivity index (χ0) is 13.6. The molecule has 1 amide bonds. The Morgan fingerprint density at radius 2 is 2.11 bits per heavy atom.